The second-order valence-corrected chi connectivity index (χ2v) is 3.24. The number of nitriles is 1. The summed E-state index contributed by atoms with van der Waals surface area (Å²) in [7, 11) is 0. The van der Waals surface area contributed by atoms with Gasteiger partial charge in [0.1, 0.15) is 17.2 Å². The lowest BCUT2D eigenvalue weighted by atomic mass is 10.3. The molecule has 0 radical (unpaired) electrons. The number of phenolic OH excluding ortho intramolecular Hbond substituents is 1. The summed E-state index contributed by atoms with van der Waals surface area (Å²) in [4.78, 5) is 11.2. The number of hydrogen-bond acceptors (Lipinski definition) is 5. The van der Waals surface area contributed by atoms with Crippen molar-refractivity contribution < 1.29 is 14.6 Å². The largest absolute Gasteiger partial charge is 0.506 e. The van der Waals surface area contributed by atoms with E-state index in [-0.39, 0.29) is 42.7 Å². The van der Waals surface area contributed by atoms with E-state index in [1.165, 1.54) is 6.07 Å². The Morgan fingerprint density at radius 3 is 3.06 bits per heavy atom. The first-order valence-electron chi connectivity index (χ1n) is 4.99. The number of anilines is 1. The van der Waals surface area contributed by atoms with Gasteiger partial charge in [0.15, 0.2) is 6.61 Å². The molecule has 0 aliphatic carbocycles. The Kier molecular flexibility index (Phi) is 4.63. The molecule has 6 heteroatoms. The lowest BCUT2D eigenvalue weighted by Crippen LogP contribution is -2.29. The van der Waals surface area contributed by atoms with Crippen molar-refractivity contribution in [3.05, 3.63) is 18.2 Å². The van der Waals surface area contributed by atoms with Gasteiger partial charge >= 0.3 is 0 Å². The summed E-state index contributed by atoms with van der Waals surface area (Å²) in [5.41, 5.74) is 5.64. The van der Waals surface area contributed by atoms with Crippen molar-refractivity contribution in [2.45, 2.75) is 6.42 Å². The zero-order chi connectivity index (χ0) is 12.7. The maximum atomic E-state index is 11.2. The van der Waals surface area contributed by atoms with Gasteiger partial charge < -0.3 is 20.9 Å². The van der Waals surface area contributed by atoms with Gasteiger partial charge in [-0.05, 0) is 12.1 Å². The van der Waals surface area contributed by atoms with Gasteiger partial charge in [-0.2, -0.15) is 5.26 Å². The fourth-order valence-corrected chi connectivity index (χ4v) is 1.11. The minimum atomic E-state index is -0.344. The normalized spacial score (nSPS) is 9.35. The highest BCUT2D eigenvalue weighted by molar-refractivity contribution is 5.77. The van der Waals surface area contributed by atoms with Crippen molar-refractivity contribution in [2.24, 2.45) is 0 Å². The van der Waals surface area contributed by atoms with Crippen LogP contribution >= 0.6 is 0 Å². The lowest BCUT2D eigenvalue weighted by Gasteiger charge is -2.09. The highest BCUT2D eigenvalue weighted by atomic mass is 16.5. The van der Waals surface area contributed by atoms with Gasteiger partial charge in [0.05, 0.1) is 12.5 Å². The molecule has 1 rings (SSSR count). The molecule has 4 N–H and O–H groups in total. The molecule has 0 bridgehead atoms. The van der Waals surface area contributed by atoms with Crippen LogP contribution in [0, 0.1) is 11.3 Å². The number of amides is 1. The van der Waals surface area contributed by atoms with Crippen LogP contribution in [0.5, 0.6) is 11.5 Å². The summed E-state index contributed by atoms with van der Waals surface area (Å²) in [6, 6.07) is 6.45. The number of nitrogens with zero attached hydrogens (tertiary/aromatic N) is 1. The summed E-state index contributed by atoms with van der Waals surface area (Å²) < 4.78 is 5.13. The number of nitrogens with two attached hydrogens (primary N) is 1. The molecule has 0 saturated heterocycles. The molecule has 0 atom stereocenters. The van der Waals surface area contributed by atoms with Gasteiger partial charge in [0.25, 0.3) is 5.91 Å². The molecule has 0 fully saturated rings. The van der Waals surface area contributed by atoms with Crippen LogP contribution < -0.4 is 15.8 Å². The average molecular weight is 235 g/mol. The topological polar surface area (TPSA) is 108 Å². The SMILES string of the molecule is N#CCCNC(=O)COc1cccc(O)c1N. The van der Waals surface area contributed by atoms with Gasteiger partial charge in [-0.25, -0.2) is 0 Å². The Morgan fingerprint density at radius 1 is 1.59 bits per heavy atom. The van der Waals surface area contributed by atoms with Crippen LogP contribution in [-0.4, -0.2) is 24.2 Å². The van der Waals surface area contributed by atoms with E-state index in [1.54, 1.807) is 12.1 Å². The molecular formula is C11H13N3O3. The fourth-order valence-electron chi connectivity index (χ4n) is 1.11. The smallest absolute Gasteiger partial charge is 0.257 e. The van der Waals surface area contributed by atoms with E-state index < -0.39 is 0 Å². The highest BCUT2D eigenvalue weighted by Gasteiger charge is 2.07. The Balaban J connectivity index is 2.43. The van der Waals surface area contributed by atoms with Crippen LogP contribution in [0.1, 0.15) is 6.42 Å². The number of aromatic hydroxyl groups is 1. The van der Waals surface area contributed by atoms with Crippen molar-refractivity contribution in [3.63, 3.8) is 0 Å². The summed E-state index contributed by atoms with van der Waals surface area (Å²) in [6.45, 7) is 0.0767. The number of para-hydroxylation sites is 1. The maximum Gasteiger partial charge on any atom is 0.257 e. The molecule has 0 unspecified atom stereocenters. The third-order valence-electron chi connectivity index (χ3n) is 1.96. The molecule has 0 aliphatic heterocycles. The number of benzene rings is 1. The molecular weight excluding hydrogens is 222 g/mol. The zero-order valence-corrected chi connectivity index (χ0v) is 9.14. The van der Waals surface area contributed by atoms with Crippen molar-refractivity contribution in [3.8, 4) is 17.6 Å². The standard InChI is InChI=1S/C11H13N3O3/c12-5-2-6-14-10(16)7-17-9-4-1-3-8(15)11(9)13/h1,3-4,15H,2,6-7,13H2,(H,14,16). The summed E-state index contributed by atoms with van der Waals surface area (Å²) in [6.07, 6.45) is 0.250. The number of nitrogens with one attached hydrogen (secondary N) is 1. The first kappa shape index (κ1) is 12.6. The highest BCUT2D eigenvalue weighted by Crippen LogP contribution is 2.29. The molecule has 1 aromatic carbocycles. The van der Waals surface area contributed by atoms with E-state index in [0.717, 1.165) is 0 Å². The van der Waals surface area contributed by atoms with Crippen molar-refractivity contribution in [1.82, 2.24) is 5.32 Å². The van der Waals surface area contributed by atoms with E-state index in [0.29, 0.717) is 0 Å². The number of nitrogen functional groups attached to an aromatic ring is 1. The Hall–Kier alpha value is -2.42. The van der Waals surface area contributed by atoms with Gasteiger partial charge in [-0.1, -0.05) is 6.07 Å². The molecule has 90 valence electrons. The fraction of sp³-hybridized carbons (Fsp3) is 0.273. The minimum absolute atomic E-state index is 0.0904. The predicted molar refractivity (Wildman–Crippen MR) is 61.3 cm³/mol. The van der Waals surface area contributed by atoms with E-state index in [1.807, 2.05) is 6.07 Å². The van der Waals surface area contributed by atoms with Crippen LogP contribution in [-0.2, 0) is 4.79 Å². The number of phenols is 1. The first-order valence-corrected chi connectivity index (χ1v) is 4.99. The summed E-state index contributed by atoms with van der Waals surface area (Å²) in [5, 5.41) is 20.1. The number of hydrogen-bond donors (Lipinski definition) is 3. The number of carbonyl (C=O) groups excluding carboxylic acids is 1. The molecule has 6 nitrogen and oxygen atoms in total. The van der Waals surface area contributed by atoms with Crippen LogP contribution in [0.3, 0.4) is 0 Å². The molecule has 1 aromatic rings. The van der Waals surface area contributed by atoms with Crippen LogP contribution in [0.2, 0.25) is 0 Å². The third kappa shape index (κ3) is 3.91. The molecule has 0 aliphatic rings. The van der Waals surface area contributed by atoms with Crippen LogP contribution in [0.25, 0.3) is 0 Å². The van der Waals surface area contributed by atoms with Gasteiger partial charge in [0, 0.05) is 6.54 Å². The Bertz CT molecular complexity index is 440. The second-order valence-electron chi connectivity index (χ2n) is 3.24. The summed E-state index contributed by atoms with van der Waals surface area (Å²) in [5.74, 6) is -0.184. The zero-order valence-electron chi connectivity index (χ0n) is 9.14. The van der Waals surface area contributed by atoms with Crippen LogP contribution in [0.15, 0.2) is 18.2 Å². The quantitative estimate of drug-likeness (QED) is 0.388. The predicted octanol–water partition coefficient (Wildman–Crippen LogP) is 0.383. The number of rotatable bonds is 5. The Labute approximate surface area is 98.6 Å². The lowest BCUT2D eigenvalue weighted by molar-refractivity contribution is -0.123. The third-order valence-corrected chi connectivity index (χ3v) is 1.96. The van der Waals surface area contributed by atoms with E-state index >= 15 is 0 Å². The number of carbonyl (C=O) groups is 1. The summed E-state index contributed by atoms with van der Waals surface area (Å²) >= 11 is 0. The molecule has 0 heterocycles. The van der Waals surface area contributed by atoms with Gasteiger partial charge in [-0.15, -0.1) is 0 Å². The second kappa shape index (κ2) is 6.23. The molecule has 0 spiro atoms. The monoisotopic (exact) mass is 235 g/mol. The van der Waals surface area contributed by atoms with Gasteiger partial charge in [-0.3, -0.25) is 4.79 Å². The Morgan fingerprint density at radius 2 is 2.35 bits per heavy atom. The van der Waals surface area contributed by atoms with E-state index in [4.69, 9.17) is 15.7 Å². The van der Waals surface area contributed by atoms with Crippen molar-refractivity contribution in [1.29, 1.82) is 5.26 Å². The molecule has 17 heavy (non-hydrogen) atoms. The first-order chi connectivity index (χ1) is 8.15. The van der Waals surface area contributed by atoms with Gasteiger partial charge in [0.2, 0.25) is 0 Å². The van der Waals surface area contributed by atoms with Crippen molar-refractivity contribution in [2.75, 3.05) is 18.9 Å². The minimum Gasteiger partial charge on any atom is -0.506 e. The molecule has 1 amide bonds. The average Bonchev–Trinajstić information content (AvgIpc) is 2.31. The number of ether oxygens (including phenoxy) is 1. The van der Waals surface area contributed by atoms with E-state index in [9.17, 15) is 9.90 Å². The molecule has 0 saturated carbocycles. The molecule has 0 aromatic heterocycles. The van der Waals surface area contributed by atoms with Crippen LogP contribution in [0.4, 0.5) is 5.69 Å². The van der Waals surface area contributed by atoms with E-state index in [2.05, 4.69) is 5.32 Å². The van der Waals surface area contributed by atoms with Crippen molar-refractivity contribution >= 4 is 11.6 Å². The maximum absolute atomic E-state index is 11.2.